The van der Waals surface area contributed by atoms with Crippen molar-refractivity contribution in [1.82, 2.24) is 9.88 Å². The summed E-state index contributed by atoms with van der Waals surface area (Å²) in [6.45, 7) is 0.209. The normalized spacial score (nSPS) is 15.8. The molecule has 3 rings (SSSR count). The first kappa shape index (κ1) is 16.9. The van der Waals surface area contributed by atoms with Crippen LogP contribution in [0, 0.1) is 0 Å². The number of nitrogens with one attached hydrogen (secondary N) is 2. The van der Waals surface area contributed by atoms with E-state index in [9.17, 15) is 14.4 Å². The second-order valence-corrected chi connectivity index (χ2v) is 4.86. The van der Waals surface area contributed by atoms with Crippen LogP contribution in [0.1, 0.15) is 27.1 Å². The number of aromatic nitrogens is 1. The maximum atomic E-state index is 12.4. The smallest absolute Gasteiger partial charge is 1.00 e. The molecule has 1 amide bonds. The molecule has 0 fully saturated rings. The van der Waals surface area contributed by atoms with Gasteiger partial charge in [0.25, 0.3) is 11.8 Å². The number of fused-ring (bicyclic) bond motifs is 1. The third-order valence-electron chi connectivity index (χ3n) is 3.45. The van der Waals surface area contributed by atoms with Crippen LogP contribution >= 0.6 is 0 Å². The molecule has 2 aromatic rings. The minimum absolute atomic E-state index is 0. The average molecular weight is 307 g/mol. The molecule has 0 saturated heterocycles. The van der Waals surface area contributed by atoms with E-state index in [4.69, 9.17) is 5.11 Å². The van der Waals surface area contributed by atoms with Crippen LogP contribution in [-0.2, 0) is 0 Å². The number of anilines is 1. The Hall–Kier alpha value is -2.49. The molecule has 1 unspecified atom stereocenters. The third kappa shape index (κ3) is 3.16. The molecular formula is C15H14LiN3O4. The summed E-state index contributed by atoms with van der Waals surface area (Å²) in [7, 11) is 0. The second kappa shape index (κ2) is 6.73. The minimum atomic E-state index is -1.20. The number of carbonyl (C=O) groups excluding carboxylic acids is 2. The predicted molar refractivity (Wildman–Crippen MR) is 79.3 cm³/mol. The molecule has 7 nitrogen and oxygen atoms in total. The summed E-state index contributed by atoms with van der Waals surface area (Å²) in [6.07, 6.45) is 0. The Bertz CT molecular complexity index is 763. The fraction of sp³-hybridized carbons (Fsp3) is 0.133. The zero-order valence-electron chi connectivity index (χ0n) is 13.4. The van der Waals surface area contributed by atoms with E-state index in [1.165, 1.54) is 12.1 Å². The summed E-state index contributed by atoms with van der Waals surface area (Å²) in [4.78, 5) is 35.7. The van der Waals surface area contributed by atoms with Gasteiger partial charge in [-0.15, -0.1) is 0 Å². The molecule has 1 aromatic heterocycles. The van der Waals surface area contributed by atoms with Crippen molar-refractivity contribution in [3.8, 4) is 0 Å². The van der Waals surface area contributed by atoms with Crippen LogP contribution in [-0.4, -0.2) is 40.0 Å². The van der Waals surface area contributed by atoms with Crippen LogP contribution in [0.3, 0.4) is 0 Å². The van der Waals surface area contributed by atoms with Gasteiger partial charge in [-0.2, -0.15) is 0 Å². The number of benzene rings is 1. The SMILES string of the molecule is O=C(NC1CNc2ccc(C(=O)O)n2C1=O)c1ccccc1.[H-].[Li+]. The van der Waals surface area contributed by atoms with Crippen LogP contribution in [0.4, 0.5) is 5.82 Å². The summed E-state index contributed by atoms with van der Waals surface area (Å²) in [5, 5.41) is 14.7. The number of carboxylic acid groups (broad SMARTS) is 1. The average Bonchev–Trinajstić information content (AvgIpc) is 2.96. The van der Waals surface area contributed by atoms with Gasteiger partial charge in [-0.25, -0.2) is 4.79 Å². The minimum Gasteiger partial charge on any atom is -1.00 e. The van der Waals surface area contributed by atoms with Crippen LogP contribution in [0.5, 0.6) is 0 Å². The van der Waals surface area contributed by atoms with Gasteiger partial charge in [0.1, 0.15) is 17.6 Å². The molecule has 1 aliphatic rings. The zero-order valence-corrected chi connectivity index (χ0v) is 12.4. The molecule has 114 valence electrons. The number of nitrogens with zero attached hydrogens (tertiary/aromatic N) is 1. The van der Waals surface area contributed by atoms with Crippen LogP contribution in [0.25, 0.3) is 0 Å². The van der Waals surface area contributed by atoms with Crippen LogP contribution in [0.15, 0.2) is 42.5 Å². The van der Waals surface area contributed by atoms with Crippen molar-refractivity contribution in [2.75, 3.05) is 11.9 Å². The number of hydrogen-bond donors (Lipinski definition) is 3. The molecule has 0 bridgehead atoms. The maximum Gasteiger partial charge on any atom is 1.00 e. The number of carboxylic acids is 1. The Kier molecular flexibility index (Phi) is 4.94. The largest absolute Gasteiger partial charge is 1.00 e. The zero-order chi connectivity index (χ0) is 15.7. The van der Waals surface area contributed by atoms with Gasteiger partial charge in [0.15, 0.2) is 0 Å². The van der Waals surface area contributed by atoms with Gasteiger partial charge in [-0.3, -0.25) is 14.2 Å². The Balaban J connectivity index is 0.00000144. The summed E-state index contributed by atoms with van der Waals surface area (Å²) in [5.41, 5.74) is 0.304. The molecule has 1 atom stereocenters. The van der Waals surface area contributed by atoms with Crippen molar-refractivity contribution in [1.29, 1.82) is 0 Å². The van der Waals surface area contributed by atoms with E-state index in [1.54, 1.807) is 30.3 Å². The van der Waals surface area contributed by atoms with E-state index in [-0.39, 0.29) is 38.4 Å². The molecule has 3 N–H and O–H groups in total. The van der Waals surface area contributed by atoms with Crippen LogP contribution < -0.4 is 29.5 Å². The van der Waals surface area contributed by atoms with Gasteiger partial charge in [0.05, 0.1) is 0 Å². The van der Waals surface area contributed by atoms with Gasteiger partial charge in [-0.1, -0.05) is 18.2 Å². The molecular weight excluding hydrogens is 293 g/mol. The molecule has 23 heavy (non-hydrogen) atoms. The second-order valence-electron chi connectivity index (χ2n) is 4.86. The summed E-state index contributed by atoms with van der Waals surface area (Å²) in [5.74, 6) is -1.64. The van der Waals surface area contributed by atoms with Gasteiger partial charge >= 0.3 is 24.8 Å². The van der Waals surface area contributed by atoms with Crippen molar-refractivity contribution in [2.45, 2.75) is 6.04 Å². The molecule has 1 aromatic carbocycles. The fourth-order valence-electron chi connectivity index (χ4n) is 2.37. The van der Waals surface area contributed by atoms with E-state index in [0.29, 0.717) is 11.4 Å². The Labute approximate surface area is 145 Å². The standard InChI is InChI=1S/C15H13N3O4.Li.H/c19-13(9-4-2-1-3-5-9)17-10-8-16-12-7-6-11(15(21)22)18(12)14(10)20;;/h1-7,10,16H,8H2,(H,17,19)(H,21,22);;/q;+1;-1. The van der Waals surface area contributed by atoms with Crippen molar-refractivity contribution in [3.05, 3.63) is 53.7 Å². The van der Waals surface area contributed by atoms with Crippen molar-refractivity contribution in [3.63, 3.8) is 0 Å². The van der Waals surface area contributed by atoms with E-state index >= 15 is 0 Å². The fourth-order valence-corrected chi connectivity index (χ4v) is 2.37. The van der Waals surface area contributed by atoms with E-state index in [1.807, 2.05) is 0 Å². The van der Waals surface area contributed by atoms with Gasteiger partial charge < -0.3 is 17.2 Å². The third-order valence-corrected chi connectivity index (χ3v) is 3.45. The Morgan fingerprint density at radius 3 is 2.57 bits per heavy atom. The van der Waals surface area contributed by atoms with E-state index < -0.39 is 17.9 Å². The van der Waals surface area contributed by atoms with Gasteiger partial charge in [0.2, 0.25) is 0 Å². The quantitative estimate of drug-likeness (QED) is 0.579. The number of amides is 1. The number of hydrogen-bond acceptors (Lipinski definition) is 4. The first-order valence-electron chi connectivity index (χ1n) is 6.67. The van der Waals surface area contributed by atoms with E-state index in [0.717, 1.165) is 4.57 Å². The molecule has 1 aliphatic heterocycles. The van der Waals surface area contributed by atoms with Crippen molar-refractivity contribution >= 4 is 23.6 Å². The summed E-state index contributed by atoms with van der Waals surface area (Å²) in [6, 6.07) is 10.6. The molecule has 0 saturated carbocycles. The van der Waals surface area contributed by atoms with Gasteiger partial charge in [-0.05, 0) is 24.3 Å². The Morgan fingerprint density at radius 2 is 1.91 bits per heavy atom. The molecule has 0 aliphatic carbocycles. The summed E-state index contributed by atoms with van der Waals surface area (Å²) < 4.78 is 1.07. The number of aromatic carboxylic acids is 1. The number of rotatable bonds is 3. The molecule has 2 heterocycles. The predicted octanol–water partition coefficient (Wildman–Crippen LogP) is -1.83. The molecule has 8 heteroatoms. The topological polar surface area (TPSA) is 100 Å². The monoisotopic (exact) mass is 307 g/mol. The molecule has 0 radical (unpaired) electrons. The van der Waals surface area contributed by atoms with Gasteiger partial charge in [0, 0.05) is 12.1 Å². The maximum absolute atomic E-state index is 12.4. The first-order chi connectivity index (χ1) is 10.6. The Morgan fingerprint density at radius 1 is 1.22 bits per heavy atom. The molecule has 0 spiro atoms. The first-order valence-corrected chi connectivity index (χ1v) is 6.67. The van der Waals surface area contributed by atoms with E-state index in [2.05, 4.69) is 10.6 Å². The number of carbonyl (C=O) groups is 3. The van der Waals surface area contributed by atoms with Crippen LogP contribution in [0.2, 0.25) is 0 Å². The summed E-state index contributed by atoms with van der Waals surface area (Å²) >= 11 is 0. The van der Waals surface area contributed by atoms with Crippen molar-refractivity contribution in [2.24, 2.45) is 0 Å². The van der Waals surface area contributed by atoms with Crippen molar-refractivity contribution < 1.29 is 39.8 Å².